The second-order valence-corrected chi connectivity index (χ2v) is 4.42. The van der Waals surface area contributed by atoms with E-state index in [1.54, 1.807) is 0 Å². The van der Waals surface area contributed by atoms with Gasteiger partial charge in [-0.1, -0.05) is 11.6 Å². The number of hydrogen-bond acceptors (Lipinski definition) is 2. The number of hydrogen-bond donors (Lipinski definition) is 1. The van der Waals surface area contributed by atoms with Crippen LogP contribution < -0.4 is 5.73 Å². The van der Waals surface area contributed by atoms with E-state index in [2.05, 4.69) is 4.98 Å². The zero-order chi connectivity index (χ0) is 11.0. The lowest BCUT2D eigenvalue weighted by atomic mass is 10.2. The van der Waals surface area contributed by atoms with Gasteiger partial charge in [0.05, 0.1) is 10.7 Å². The normalized spacial score (nSPS) is 13.3. The van der Waals surface area contributed by atoms with E-state index in [-0.39, 0.29) is 6.04 Å². The molecule has 0 bridgehead atoms. The fraction of sp³-hybridized carbons (Fsp3) is 0.364. The first-order valence-electron chi connectivity index (χ1n) is 4.95. The van der Waals surface area contributed by atoms with Crippen LogP contribution in [0.1, 0.15) is 18.2 Å². The van der Waals surface area contributed by atoms with Crippen LogP contribution >= 0.6 is 11.6 Å². The Kier molecular flexibility index (Phi) is 2.67. The standard InChI is InChI=1S/C11H14ClN3/c1-7-3-10(12)11-14-9(4-8(2)13)6-15(11)5-7/h3,5-6,8H,4,13H2,1-2H3. The van der Waals surface area contributed by atoms with Crippen molar-refractivity contribution in [3.05, 3.63) is 34.7 Å². The van der Waals surface area contributed by atoms with Gasteiger partial charge in [-0.05, 0) is 25.5 Å². The third kappa shape index (κ3) is 2.13. The number of rotatable bonds is 2. The number of fused-ring (bicyclic) bond motifs is 1. The number of nitrogens with zero attached hydrogens (tertiary/aromatic N) is 2. The summed E-state index contributed by atoms with van der Waals surface area (Å²) >= 11 is 6.10. The predicted octanol–water partition coefficient (Wildman–Crippen LogP) is 2.19. The summed E-state index contributed by atoms with van der Waals surface area (Å²) < 4.78 is 1.95. The van der Waals surface area contributed by atoms with E-state index in [9.17, 15) is 0 Å². The van der Waals surface area contributed by atoms with Gasteiger partial charge in [-0.15, -0.1) is 0 Å². The Morgan fingerprint density at radius 3 is 2.93 bits per heavy atom. The lowest BCUT2D eigenvalue weighted by Crippen LogP contribution is -2.17. The predicted molar refractivity (Wildman–Crippen MR) is 62.3 cm³/mol. The molecule has 0 aliphatic heterocycles. The zero-order valence-electron chi connectivity index (χ0n) is 8.87. The maximum atomic E-state index is 6.10. The third-order valence-corrected chi connectivity index (χ3v) is 2.50. The lowest BCUT2D eigenvalue weighted by molar-refractivity contribution is 0.726. The number of nitrogens with two attached hydrogens (primary N) is 1. The molecule has 0 amide bonds. The number of aryl methyl sites for hydroxylation is 1. The minimum Gasteiger partial charge on any atom is -0.328 e. The van der Waals surface area contributed by atoms with Crippen LogP contribution in [0.4, 0.5) is 0 Å². The van der Waals surface area contributed by atoms with E-state index >= 15 is 0 Å². The van der Waals surface area contributed by atoms with E-state index in [0.29, 0.717) is 5.02 Å². The second kappa shape index (κ2) is 3.83. The molecule has 2 heterocycles. The van der Waals surface area contributed by atoms with Crippen molar-refractivity contribution in [2.75, 3.05) is 0 Å². The third-order valence-electron chi connectivity index (χ3n) is 2.22. The molecule has 2 N–H and O–H groups in total. The van der Waals surface area contributed by atoms with E-state index in [4.69, 9.17) is 17.3 Å². The van der Waals surface area contributed by atoms with Crippen molar-refractivity contribution in [2.24, 2.45) is 5.73 Å². The van der Waals surface area contributed by atoms with Gasteiger partial charge in [-0.3, -0.25) is 0 Å². The molecule has 0 aromatic carbocycles. The van der Waals surface area contributed by atoms with E-state index in [1.165, 1.54) is 0 Å². The molecule has 2 aromatic rings. The first-order chi connectivity index (χ1) is 7.06. The monoisotopic (exact) mass is 223 g/mol. The van der Waals surface area contributed by atoms with Gasteiger partial charge in [-0.25, -0.2) is 4.98 Å². The van der Waals surface area contributed by atoms with Crippen molar-refractivity contribution in [1.82, 2.24) is 9.38 Å². The van der Waals surface area contributed by atoms with Crippen molar-refractivity contribution < 1.29 is 0 Å². The largest absolute Gasteiger partial charge is 0.328 e. The molecule has 4 heteroatoms. The summed E-state index contributed by atoms with van der Waals surface area (Å²) in [5.41, 5.74) is 8.64. The molecule has 15 heavy (non-hydrogen) atoms. The molecule has 2 aromatic heterocycles. The van der Waals surface area contributed by atoms with Crippen LogP contribution in [0.5, 0.6) is 0 Å². The molecule has 0 fully saturated rings. The average Bonchev–Trinajstić information content (AvgIpc) is 2.45. The van der Waals surface area contributed by atoms with Crippen molar-refractivity contribution in [3.63, 3.8) is 0 Å². The van der Waals surface area contributed by atoms with Gasteiger partial charge in [0.15, 0.2) is 5.65 Å². The molecule has 0 saturated heterocycles. The summed E-state index contributed by atoms with van der Waals surface area (Å²) in [6.07, 6.45) is 4.77. The highest BCUT2D eigenvalue weighted by molar-refractivity contribution is 6.33. The Labute approximate surface area is 93.9 Å². The molecule has 2 rings (SSSR count). The first kappa shape index (κ1) is 10.5. The van der Waals surface area contributed by atoms with Crippen LogP contribution in [-0.4, -0.2) is 15.4 Å². The molecule has 0 aliphatic rings. The minimum atomic E-state index is 0.120. The molecule has 0 spiro atoms. The van der Waals surface area contributed by atoms with Crippen molar-refractivity contribution in [1.29, 1.82) is 0 Å². The summed E-state index contributed by atoms with van der Waals surface area (Å²) in [4.78, 5) is 4.44. The smallest absolute Gasteiger partial charge is 0.155 e. The molecular weight excluding hydrogens is 210 g/mol. The molecule has 1 unspecified atom stereocenters. The second-order valence-electron chi connectivity index (χ2n) is 4.01. The van der Waals surface area contributed by atoms with Gasteiger partial charge < -0.3 is 10.1 Å². The summed E-state index contributed by atoms with van der Waals surface area (Å²) in [5.74, 6) is 0. The Morgan fingerprint density at radius 2 is 2.27 bits per heavy atom. The van der Waals surface area contributed by atoms with Gasteiger partial charge in [0.25, 0.3) is 0 Å². The summed E-state index contributed by atoms with van der Waals surface area (Å²) in [5, 5.41) is 0.686. The number of aromatic nitrogens is 2. The highest BCUT2D eigenvalue weighted by atomic mass is 35.5. The molecular formula is C11H14ClN3. The quantitative estimate of drug-likeness (QED) is 0.848. The van der Waals surface area contributed by atoms with Gasteiger partial charge in [0, 0.05) is 24.9 Å². The number of halogens is 1. The molecule has 0 radical (unpaired) electrons. The summed E-state index contributed by atoms with van der Waals surface area (Å²) in [6.45, 7) is 3.98. The highest BCUT2D eigenvalue weighted by Gasteiger charge is 2.07. The van der Waals surface area contributed by atoms with Gasteiger partial charge in [-0.2, -0.15) is 0 Å². The fourth-order valence-electron chi connectivity index (χ4n) is 1.67. The Balaban J connectivity index is 2.50. The molecule has 0 saturated carbocycles. The Morgan fingerprint density at radius 1 is 1.53 bits per heavy atom. The fourth-order valence-corrected chi connectivity index (χ4v) is 1.98. The van der Waals surface area contributed by atoms with Crippen molar-refractivity contribution in [2.45, 2.75) is 26.3 Å². The minimum absolute atomic E-state index is 0.120. The van der Waals surface area contributed by atoms with E-state index < -0.39 is 0 Å². The zero-order valence-corrected chi connectivity index (χ0v) is 9.62. The van der Waals surface area contributed by atoms with Crippen molar-refractivity contribution >= 4 is 17.2 Å². The Hall–Kier alpha value is -1.06. The van der Waals surface area contributed by atoms with Crippen LogP contribution in [0, 0.1) is 6.92 Å². The Bertz CT molecular complexity index is 488. The van der Waals surface area contributed by atoms with Gasteiger partial charge in [0.1, 0.15) is 0 Å². The van der Waals surface area contributed by atoms with Crippen LogP contribution in [0.3, 0.4) is 0 Å². The molecule has 0 aliphatic carbocycles. The van der Waals surface area contributed by atoms with Crippen molar-refractivity contribution in [3.8, 4) is 0 Å². The van der Waals surface area contributed by atoms with Crippen LogP contribution in [0.25, 0.3) is 5.65 Å². The van der Waals surface area contributed by atoms with Crippen LogP contribution in [-0.2, 0) is 6.42 Å². The van der Waals surface area contributed by atoms with Gasteiger partial charge >= 0.3 is 0 Å². The lowest BCUT2D eigenvalue weighted by Gasteiger charge is -1.98. The van der Waals surface area contributed by atoms with Crippen LogP contribution in [0.2, 0.25) is 5.02 Å². The topological polar surface area (TPSA) is 43.3 Å². The maximum Gasteiger partial charge on any atom is 0.155 e. The summed E-state index contributed by atoms with van der Waals surface area (Å²) in [7, 11) is 0. The van der Waals surface area contributed by atoms with E-state index in [1.807, 2.05) is 36.7 Å². The highest BCUT2D eigenvalue weighted by Crippen LogP contribution is 2.18. The van der Waals surface area contributed by atoms with Gasteiger partial charge in [0.2, 0.25) is 0 Å². The SMILES string of the molecule is Cc1cc(Cl)c2nc(CC(C)N)cn2c1. The molecule has 80 valence electrons. The maximum absolute atomic E-state index is 6.10. The molecule has 1 atom stereocenters. The van der Waals surface area contributed by atoms with E-state index in [0.717, 1.165) is 23.3 Å². The van der Waals surface area contributed by atoms with Crippen LogP contribution in [0.15, 0.2) is 18.5 Å². The number of imidazole rings is 1. The first-order valence-corrected chi connectivity index (χ1v) is 5.33. The summed E-state index contributed by atoms with van der Waals surface area (Å²) in [6, 6.07) is 2.04. The number of pyridine rings is 1. The molecule has 3 nitrogen and oxygen atoms in total. The average molecular weight is 224 g/mol.